The molecule has 4 nitrogen and oxygen atoms in total. The topological polar surface area (TPSA) is 42.7 Å². The van der Waals surface area contributed by atoms with Crippen molar-refractivity contribution in [1.29, 1.82) is 0 Å². The normalized spacial score (nSPS) is 29.2. The maximum atomic E-state index is 11.1. The Morgan fingerprint density at radius 3 is 2.94 bits per heavy atom. The van der Waals surface area contributed by atoms with Crippen LogP contribution in [-0.2, 0) is 16.1 Å². The molecule has 1 aromatic heterocycles. The first kappa shape index (κ1) is 13.1. The third-order valence-electron chi connectivity index (χ3n) is 3.88. The van der Waals surface area contributed by atoms with E-state index in [4.69, 9.17) is 9.15 Å². The van der Waals surface area contributed by atoms with Gasteiger partial charge < -0.3 is 9.15 Å². The summed E-state index contributed by atoms with van der Waals surface area (Å²) in [6.45, 7) is 7.57. The van der Waals surface area contributed by atoms with E-state index in [0.29, 0.717) is 12.0 Å². The van der Waals surface area contributed by atoms with Gasteiger partial charge in [0.05, 0.1) is 12.8 Å². The van der Waals surface area contributed by atoms with E-state index in [9.17, 15) is 4.79 Å². The number of rotatable bonds is 3. The van der Waals surface area contributed by atoms with Crippen LogP contribution >= 0.6 is 0 Å². The van der Waals surface area contributed by atoms with Crippen LogP contribution in [0.25, 0.3) is 0 Å². The van der Waals surface area contributed by atoms with E-state index in [1.807, 2.05) is 12.1 Å². The van der Waals surface area contributed by atoms with E-state index in [-0.39, 0.29) is 12.1 Å². The van der Waals surface area contributed by atoms with Gasteiger partial charge in [0.15, 0.2) is 0 Å². The maximum Gasteiger partial charge on any atom is 0.302 e. The SMILES string of the molecule is CC(=O)O[C@H]1CCN(Cc2ccco2)[C@H](C)[C@@H]1C. The summed E-state index contributed by atoms with van der Waals surface area (Å²) in [4.78, 5) is 13.4. The molecule has 0 radical (unpaired) electrons. The van der Waals surface area contributed by atoms with Gasteiger partial charge in [-0.1, -0.05) is 6.92 Å². The molecule has 18 heavy (non-hydrogen) atoms. The van der Waals surface area contributed by atoms with Crippen molar-refractivity contribution in [2.24, 2.45) is 5.92 Å². The second-order valence-electron chi connectivity index (χ2n) is 5.09. The number of likely N-dealkylation sites (tertiary alicyclic amines) is 1. The summed E-state index contributed by atoms with van der Waals surface area (Å²) >= 11 is 0. The standard InChI is InChI=1S/C14H21NO3/c1-10-11(2)15(9-13-5-4-8-17-13)7-6-14(10)18-12(3)16/h4-5,8,10-11,14H,6-7,9H2,1-3H3/t10-,11+,14-/m0/s1. The maximum absolute atomic E-state index is 11.1. The Balaban J connectivity index is 1.95. The zero-order valence-electron chi connectivity index (χ0n) is 11.3. The first-order valence-electron chi connectivity index (χ1n) is 6.51. The predicted octanol–water partition coefficient (Wildman–Crippen LogP) is 2.44. The van der Waals surface area contributed by atoms with Gasteiger partial charge in [-0.2, -0.15) is 0 Å². The third kappa shape index (κ3) is 2.93. The molecular weight excluding hydrogens is 230 g/mol. The number of ether oxygens (including phenoxy) is 1. The molecule has 0 unspecified atom stereocenters. The third-order valence-corrected chi connectivity index (χ3v) is 3.88. The van der Waals surface area contributed by atoms with Crippen molar-refractivity contribution >= 4 is 5.97 Å². The van der Waals surface area contributed by atoms with Gasteiger partial charge in [-0.05, 0) is 25.5 Å². The average molecular weight is 251 g/mol. The molecule has 0 N–H and O–H groups in total. The Labute approximate surface area is 108 Å². The van der Waals surface area contributed by atoms with Crippen LogP contribution in [-0.4, -0.2) is 29.6 Å². The molecule has 1 aliphatic heterocycles. The molecule has 1 aromatic rings. The lowest BCUT2D eigenvalue weighted by molar-refractivity contribution is -0.153. The van der Waals surface area contributed by atoms with Crippen molar-refractivity contribution in [3.05, 3.63) is 24.2 Å². The summed E-state index contributed by atoms with van der Waals surface area (Å²) in [6, 6.07) is 4.29. The van der Waals surface area contributed by atoms with E-state index in [2.05, 4.69) is 18.7 Å². The van der Waals surface area contributed by atoms with Gasteiger partial charge in [-0.15, -0.1) is 0 Å². The van der Waals surface area contributed by atoms with Crippen LogP contribution in [0.2, 0.25) is 0 Å². The molecule has 2 heterocycles. The quantitative estimate of drug-likeness (QED) is 0.774. The number of esters is 1. The lowest BCUT2D eigenvalue weighted by Gasteiger charge is -2.41. The largest absolute Gasteiger partial charge is 0.468 e. The fraction of sp³-hybridized carbons (Fsp3) is 0.643. The molecule has 1 saturated heterocycles. The van der Waals surface area contributed by atoms with Gasteiger partial charge in [0.25, 0.3) is 0 Å². The van der Waals surface area contributed by atoms with Crippen LogP contribution < -0.4 is 0 Å². The van der Waals surface area contributed by atoms with Crippen LogP contribution in [0.5, 0.6) is 0 Å². The second kappa shape index (κ2) is 5.57. The highest BCUT2D eigenvalue weighted by molar-refractivity contribution is 5.66. The van der Waals surface area contributed by atoms with Crippen molar-refractivity contribution in [2.45, 2.75) is 45.9 Å². The van der Waals surface area contributed by atoms with Gasteiger partial charge in [0.1, 0.15) is 11.9 Å². The second-order valence-corrected chi connectivity index (χ2v) is 5.09. The van der Waals surface area contributed by atoms with Crippen LogP contribution in [0.4, 0.5) is 0 Å². The van der Waals surface area contributed by atoms with Crippen molar-refractivity contribution in [1.82, 2.24) is 4.90 Å². The molecule has 0 amide bonds. The van der Waals surface area contributed by atoms with Gasteiger partial charge >= 0.3 is 5.97 Å². The number of furan rings is 1. The summed E-state index contributed by atoms with van der Waals surface area (Å²) in [7, 11) is 0. The minimum atomic E-state index is -0.182. The zero-order chi connectivity index (χ0) is 13.1. The number of piperidine rings is 1. The smallest absolute Gasteiger partial charge is 0.302 e. The fourth-order valence-corrected chi connectivity index (χ4v) is 2.61. The molecule has 2 rings (SSSR count). The first-order valence-corrected chi connectivity index (χ1v) is 6.51. The Morgan fingerprint density at radius 1 is 1.56 bits per heavy atom. The Hall–Kier alpha value is -1.29. The van der Waals surface area contributed by atoms with Gasteiger partial charge in [0.2, 0.25) is 0 Å². The highest BCUT2D eigenvalue weighted by atomic mass is 16.5. The monoisotopic (exact) mass is 251 g/mol. The zero-order valence-corrected chi connectivity index (χ0v) is 11.3. The van der Waals surface area contributed by atoms with E-state index in [1.165, 1.54) is 6.92 Å². The van der Waals surface area contributed by atoms with E-state index in [0.717, 1.165) is 25.3 Å². The molecule has 3 atom stereocenters. The van der Waals surface area contributed by atoms with Crippen molar-refractivity contribution in [2.75, 3.05) is 6.54 Å². The van der Waals surface area contributed by atoms with Crippen LogP contribution in [0.1, 0.15) is 33.0 Å². The molecule has 0 aliphatic carbocycles. The van der Waals surface area contributed by atoms with E-state index in [1.54, 1.807) is 6.26 Å². The summed E-state index contributed by atoms with van der Waals surface area (Å²) in [6.07, 6.45) is 2.64. The average Bonchev–Trinajstić information content (AvgIpc) is 2.81. The highest BCUT2D eigenvalue weighted by Gasteiger charge is 2.34. The highest BCUT2D eigenvalue weighted by Crippen LogP contribution is 2.27. The summed E-state index contributed by atoms with van der Waals surface area (Å²) in [5.41, 5.74) is 0. The molecule has 0 saturated carbocycles. The Bertz CT molecular complexity index is 388. The van der Waals surface area contributed by atoms with E-state index < -0.39 is 0 Å². The van der Waals surface area contributed by atoms with Crippen molar-refractivity contribution < 1.29 is 13.9 Å². The molecule has 0 aromatic carbocycles. The fourth-order valence-electron chi connectivity index (χ4n) is 2.61. The first-order chi connectivity index (χ1) is 8.58. The minimum Gasteiger partial charge on any atom is -0.468 e. The number of carbonyl (C=O) groups excluding carboxylic acids is 1. The lowest BCUT2D eigenvalue weighted by Crippen LogP contribution is -2.49. The molecule has 0 bridgehead atoms. The Kier molecular flexibility index (Phi) is 4.07. The van der Waals surface area contributed by atoms with Crippen molar-refractivity contribution in [3.63, 3.8) is 0 Å². The minimum absolute atomic E-state index is 0.0466. The summed E-state index contributed by atoms with van der Waals surface area (Å²) in [5, 5.41) is 0. The van der Waals surface area contributed by atoms with E-state index >= 15 is 0 Å². The summed E-state index contributed by atoms with van der Waals surface area (Å²) in [5.74, 6) is 1.15. The summed E-state index contributed by atoms with van der Waals surface area (Å²) < 4.78 is 10.8. The Morgan fingerprint density at radius 2 is 2.33 bits per heavy atom. The van der Waals surface area contributed by atoms with Crippen LogP contribution in [0.3, 0.4) is 0 Å². The molecule has 0 spiro atoms. The molecule has 100 valence electrons. The van der Waals surface area contributed by atoms with Crippen LogP contribution in [0, 0.1) is 5.92 Å². The number of carbonyl (C=O) groups is 1. The molecule has 1 fully saturated rings. The van der Waals surface area contributed by atoms with Gasteiger partial charge in [-0.25, -0.2) is 0 Å². The van der Waals surface area contributed by atoms with Gasteiger partial charge in [-0.3, -0.25) is 9.69 Å². The number of nitrogens with zero attached hydrogens (tertiary/aromatic N) is 1. The molecular formula is C14H21NO3. The molecule has 1 aliphatic rings. The van der Waals surface area contributed by atoms with Crippen LogP contribution in [0.15, 0.2) is 22.8 Å². The lowest BCUT2D eigenvalue weighted by atomic mass is 9.89. The van der Waals surface area contributed by atoms with Crippen molar-refractivity contribution in [3.8, 4) is 0 Å². The predicted molar refractivity (Wildman–Crippen MR) is 67.9 cm³/mol. The van der Waals surface area contributed by atoms with Gasteiger partial charge in [0, 0.05) is 25.4 Å². The molecule has 4 heteroatoms. The number of hydrogen-bond acceptors (Lipinski definition) is 4. The number of hydrogen-bond donors (Lipinski definition) is 0.